The van der Waals surface area contributed by atoms with Gasteiger partial charge < -0.3 is 4.74 Å². The molecule has 28 heavy (non-hydrogen) atoms. The monoisotopic (exact) mass is 383 g/mol. The number of nitrogens with zero attached hydrogens (tertiary/aromatic N) is 1. The van der Waals surface area contributed by atoms with Gasteiger partial charge in [-0.2, -0.15) is 0 Å². The first kappa shape index (κ1) is 18.8. The van der Waals surface area contributed by atoms with E-state index in [1.807, 2.05) is 0 Å². The fourth-order valence-corrected chi connectivity index (χ4v) is 4.87. The minimum absolute atomic E-state index is 0.143. The average Bonchev–Trinajstić information content (AvgIpc) is 3.32. The van der Waals surface area contributed by atoms with E-state index in [1.165, 1.54) is 11.0 Å². The van der Waals surface area contributed by atoms with Crippen molar-refractivity contribution in [2.45, 2.75) is 40.0 Å². The van der Waals surface area contributed by atoms with Crippen molar-refractivity contribution in [3.05, 3.63) is 29.8 Å². The van der Waals surface area contributed by atoms with Gasteiger partial charge in [-0.15, -0.1) is 0 Å². The van der Waals surface area contributed by atoms with Crippen molar-refractivity contribution in [2.75, 3.05) is 11.5 Å². The van der Waals surface area contributed by atoms with E-state index in [0.29, 0.717) is 17.5 Å². The van der Waals surface area contributed by atoms with Crippen LogP contribution in [0.15, 0.2) is 24.3 Å². The van der Waals surface area contributed by atoms with Gasteiger partial charge in [-0.3, -0.25) is 19.3 Å². The van der Waals surface area contributed by atoms with Crippen LogP contribution in [-0.4, -0.2) is 30.2 Å². The van der Waals surface area contributed by atoms with Crippen molar-refractivity contribution < 1.29 is 23.9 Å². The number of esters is 1. The largest absolute Gasteiger partial charge is 0.454 e. The number of imide groups is 1. The van der Waals surface area contributed by atoms with Gasteiger partial charge in [0, 0.05) is 5.41 Å². The maximum Gasteiger partial charge on any atom is 0.338 e. The summed E-state index contributed by atoms with van der Waals surface area (Å²) in [4.78, 5) is 51.4. The second-order valence-electron chi connectivity index (χ2n) is 9.20. The van der Waals surface area contributed by atoms with Crippen molar-refractivity contribution in [3.63, 3.8) is 0 Å². The molecule has 0 spiro atoms. The number of Topliss-reactive ketones (excluding diaryl/α,β-unsaturated/α-hetero) is 1. The summed E-state index contributed by atoms with van der Waals surface area (Å²) >= 11 is 0. The second-order valence-corrected chi connectivity index (χ2v) is 9.20. The SMILES string of the molecule is CC(C)(C)C(=O)COC(=O)c1cccc(N2C(=O)[C@@H]3[C@@H]4CC[C@@H](C4)[C@@H]3C2=O)c1. The Balaban J connectivity index is 1.51. The van der Waals surface area contributed by atoms with Crippen LogP contribution >= 0.6 is 0 Å². The normalized spacial score (nSPS) is 28.6. The van der Waals surface area contributed by atoms with Crippen LogP contribution in [-0.2, 0) is 19.1 Å². The molecule has 1 aliphatic heterocycles. The lowest BCUT2D eigenvalue weighted by atomic mass is 9.81. The predicted octanol–water partition coefficient (Wildman–Crippen LogP) is 2.99. The summed E-state index contributed by atoms with van der Waals surface area (Å²) in [5, 5.41) is 0. The van der Waals surface area contributed by atoms with E-state index >= 15 is 0 Å². The highest BCUT2D eigenvalue weighted by atomic mass is 16.5. The molecule has 1 heterocycles. The molecule has 6 nitrogen and oxygen atoms in total. The molecule has 1 saturated heterocycles. The number of ether oxygens (including phenoxy) is 1. The Morgan fingerprint density at radius 3 is 2.25 bits per heavy atom. The molecule has 3 aliphatic rings. The zero-order chi connectivity index (χ0) is 20.2. The van der Waals surface area contributed by atoms with E-state index in [1.54, 1.807) is 39.0 Å². The van der Waals surface area contributed by atoms with Crippen molar-refractivity contribution in [2.24, 2.45) is 29.1 Å². The maximum atomic E-state index is 12.9. The maximum absolute atomic E-state index is 12.9. The molecule has 4 rings (SSSR count). The highest BCUT2D eigenvalue weighted by molar-refractivity contribution is 6.22. The van der Waals surface area contributed by atoms with Crippen molar-refractivity contribution in [3.8, 4) is 0 Å². The van der Waals surface area contributed by atoms with Gasteiger partial charge in [0.2, 0.25) is 11.8 Å². The van der Waals surface area contributed by atoms with Crippen molar-refractivity contribution in [1.29, 1.82) is 0 Å². The molecule has 2 bridgehead atoms. The Morgan fingerprint density at radius 2 is 1.68 bits per heavy atom. The number of rotatable bonds is 4. The van der Waals surface area contributed by atoms with E-state index in [4.69, 9.17) is 4.74 Å². The number of benzene rings is 1. The highest BCUT2D eigenvalue weighted by Crippen LogP contribution is 2.56. The highest BCUT2D eigenvalue weighted by Gasteiger charge is 2.61. The zero-order valence-corrected chi connectivity index (χ0v) is 16.4. The standard InChI is InChI=1S/C22H25NO5/c1-22(2,3)16(24)11-28-21(27)14-5-4-6-15(10-14)23-19(25)17-12-7-8-13(9-12)18(17)20(23)26/h4-6,10,12-13,17-18H,7-9,11H2,1-3H3/t12-,13+,17-,18+. The summed E-state index contributed by atoms with van der Waals surface area (Å²) in [6.07, 6.45) is 3.02. The van der Waals surface area contributed by atoms with Gasteiger partial charge in [0.05, 0.1) is 23.1 Å². The predicted molar refractivity (Wildman–Crippen MR) is 101 cm³/mol. The van der Waals surface area contributed by atoms with Crippen molar-refractivity contribution in [1.82, 2.24) is 0 Å². The number of anilines is 1. The number of hydrogen-bond acceptors (Lipinski definition) is 5. The third kappa shape index (κ3) is 2.95. The van der Waals surface area contributed by atoms with E-state index in [0.717, 1.165) is 19.3 Å². The Bertz CT molecular complexity index is 840. The molecule has 2 aliphatic carbocycles. The number of amides is 2. The molecule has 1 aromatic carbocycles. The molecular weight excluding hydrogens is 358 g/mol. The quantitative estimate of drug-likeness (QED) is 0.590. The average molecular weight is 383 g/mol. The third-order valence-corrected chi connectivity index (χ3v) is 6.44. The van der Waals surface area contributed by atoms with Crippen LogP contribution in [0.25, 0.3) is 0 Å². The minimum atomic E-state index is -0.640. The summed E-state index contributed by atoms with van der Waals surface area (Å²) in [6, 6.07) is 6.35. The molecule has 6 heteroatoms. The van der Waals surface area contributed by atoms with Gasteiger partial charge in [-0.05, 0) is 49.3 Å². The van der Waals surface area contributed by atoms with Crippen molar-refractivity contribution >= 4 is 29.3 Å². The topological polar surface area (TPSA) is 80.8 Å². The van der Waals surface area contributed by atoms with Crippen LogP contribution in [0.2, 0.25) is 0 Å². The first-order valence-electron chi connectivity index (χ1n) is 9.87. The molecular formula is C22H25NO5. The van der Waals surface area contributed by atoms with Gasteiger partial charge in [0.1, 0.15) is 0 Å². The number of hydrogen-bond donors (Lipinski definition) is 0. The first-order valence-corrected chi connectivity index (χ1v) is 9.87. The van der Waals surface area contributed by atoms with Gasteiger partial charge in [0.15, 0.2) is 12.4 Å². The Labute approximate surface area is 164 Å². The van der Waals surface area contributed by atoms with Crippen LogP contribution in [0, 0.1) is 29.1 Å². The van der Waals surface area contributed by atoms with Gasteiger partial charge in [-0.1, -0.05) is 26.8 Å². The summed E-state index contributed by atoms with van der Waals surface area (Å²) in [5.41, 5.74) is 0.0356. The molecule has 0 aromatic heterocycles. The lowest BCUT2D eigenvalue weighted by Crippen LogP contribution is -2.33. The van der Waals surface area contributed by atoms with E-state index in [9.17, 15) is 19.2 Å². The molecule has 2 saturated carbocycles. The fourth-order valence-electron chi connectivity index (χ4n) is 4.87. The van der Waals surface area contributed by atoms with E-state index < -0.39 is 11.4 Å². The lowest BCUT2D eigenvalue weighted by molar-refractivity contribution is -0.129. The molecule has 0 radical (unpaired) electrons. The molecule has 0 N–H and O–H groups in total. The number of carbonyl (C=O) groups is 4. The second kappa shape index (κ2) is 6.54. The molecule has 0 unspecified atom stereocenters. The zero-order valence-electron chi connectivity index (χ0n) is 16.4. The van der Waals surface area contributed by atoms with Gasteiger partial charge in [-0.25, -0.2) is 4.79 Å². The van der Waals surface area contributed by atoms with E-state index in [-0.39, 0.29) is 41.6 Å². The first-order chi connectivity index (χ1) is 13.2. The van der Waals surface area contributed by atoms with Gasteiger partial charge >= 0.3 is 5.97 Å². The van der Waals surface area contributed by atoms with Crippen LogP contribution in [0.1, 0.15) is 50.4 Å². The van der Waals surface area contributed by atoms with E-state index in [2.05, 4.69) is 0 Å². The number of ketones is 1. The van der Waals surface area contributed by atoms with Crippen LogP contribution in [0.3, 0.4) is 0 Å². The summed E-state index contributed by atoms with van der Waals surface area (Å²) < 4.78 is 5.13. The van der Waals surface area contributed by atoms with Crippen LogP contribution < -0.4 is 4.90 Å². The molecule has 3 fully saturated rings. The smallest absolute Gasteiger partial charge is 0.338 e. The Morgan fingerprint density at radius 1 is 1.07 bits per heavy atom. The van der Waals surface area contributed by atoms with Crippen LogP contribution in [0.4, 0.5) is 5.69 Å². The number of carbonyl (C=O) groups excluding carboxylic acids is 4. The molecule has 148 valence electrons. The third-order valence-electron chi connectivity index (χ3n) is 6.44. The molecule has 4 atom stereocenters. The summed E-state index contributed by atoms with van der Waals surface area (Å²) in [5.74, 6) is -0.881. The number of fused-ring (bicyclic) bond motifs is 5. The molecule has 2 amide bonds. The Hall–Kier alpha value is -2.50. The Kier molecular flexibility index (Phi) is 4.40. The summed E-state index contributed by atoms with van der Waals surface area (Å²) in [6.45, 7) is 4.98. The molecule has 1 aromatic rings. The lowest BCUT2D eigenvalue weighted by Gasteiger charge is -2.19. The summed E-state index contributed by atoms with van der Waals surface area (Å²) in [7, 11) is 0. The fraction of sp³-hybridized carbons (Fsp3) is 0.545. The van der Waals surface area contributed by atoms with Gasteiger partial charge in [0.25, 0.3) is 0 Å². The minimum Gasteiger partial charge on any atom is -0.454 e. The van der Waals surface area contributed by atoms with Crippen LogP contribution in [0.5, 0.6) is 0 Å².